The van der Waals surface area contributed by atoms with E-state index >= 15 is 0 Å². The van der Waals surface area contributed by atoms with Crippen molar-refractivity contribution >= 4 is 24.3 Å². The number of aromatic nitrogens is 3. The van der Waals surface area contributed by atoms with Crippen LogP contribution in [0.5, 0.6) is 5.75 Å². The highest BCUT2D eigenvalue weighted by Crippen LogP contribution is 2.14. The smallest absolute Gasteiger partial charge is 0.228 e. The van der Waals surface area contributed by atoms with Crippen LogP contribution in [0.1, 0.15) is 82.5 Å². The van der Waals surface area contributed by atoms with Crippen LogP contribution in [0, 0.1) is 0 Å². The van der Waals surface area contributed by atoms with Gasteiger partial charge in [0.15, 0.2) is 0 Å². The minimum absolute atomic E-state index is 0. The number of hydrogen-bond acceptors (Lipinski definition) is 6. The summed E-state index contributed by atoms with van der Waals surface area (Å²) in [4.78, 5) is 13.0. The zero-order chi connectivity index (χ0) is 20.7. The van der Waals surface area contributed by atoms with E-state index in [1.807, 2.05) is 24.3 Å². The first-order chi connectivity index (χ1) is 14.2. The molecule has 0 aliphatic carbocycles. The highest BCUT2D eigenvalue weighted by molar-refractivity contribution is 5.85. The summed E-state index contributed by atoms with van der Waals surface area (Å²) < 4.78 is 5.18. The maximum absolute atomic E-state index is 5.87. The second-order valence-electron chi connectivity index (χ2n) is 7.57. The van der Waals surface area contributed by atoms with Crippen LogP contribution in [0.2, 0.25) is 0 Å². The molecule has 0 aliphatic heterocycles. The zero-order valence-corrected chi connectivity index (χ0v) is 19.3. The lowest BCUT2D eigenvalue weighted by molar-refractivity contribution is 0.414. The summed E-state index contributed by atoms with van der Waals surface area (Å²) >= 11 is 0. The quantitative estimate of drug-likeness (QED) is 0.335. The Morgan fingerprint density at radius 1 is 0.833 bits per heavy atom. The van der Waals surface area contributed by atoms with Gasteiger partial charge in [-0.25, -0.2) is 0 Å². The summed E-state index contributed by atoms with van der Waals surface area (Å²) in [5.41, 5.74) is 6.99. The van der Waals surface area contributed by atoms with Crippen molar-refractivity contribution in [2.75, 3.05) is 18.2 Å². The fourth-order valence-corrected chi connectivity index (χ4v) is 3.32. The first-order valence-corrected chi connectivity index (χ1v) is 11.1. The Bertz CT molecular complexity index is 696. The van der Waals surface area contributed by atoms with E-state index in [0.29, 0.717) is 12.5 Å². The molecule has 168 valence electrons. The van der Waals surface area contributed by atoms with Crippen molar-refractivity contribution in [1.29, 1.82) is 0 Å². The molecule has 7 heteroatoms. The maximum Gasteiger partial charge on any atom is 0.228 e. The number of nitrogens with zero attached hydrogens (tertiary/aromatic N) is 3. The van der Waals surface area contributed by atoms with E-state index in [4.69, 9.17) is 10.5 Å². The van der Waals surface area contributed by atoms with E-state index in [1.165, 1.54) is 57.8 Å². The summed E-state index contributed by atoms with van der Waals surface area (Å²) in [6, 6.07) is 7.91. The Balaban J connectivity index is 0.00000450. The number of halogens is 1. The molecule has 0 fully saturated rings. The standard InChI is InChI=1S/C23H37N5O.ClH/c1-3-4-5-6-7-8-9-10-11-12-13-21-26-22(24)28-23(27-21)25-18-19-14-16-20(29-2)17-15-19;/h14-17H,3-13,18H2,1-2H3,(H3,24,25,26,27,28);1H. The van der Waals surface area contributed by atoms with Crippen molar-refractivity contribution in [3.8, 4) is 5.75 Å². The molecule has 0 saturated carbocycles. The van der Waals surface area contributed by atoms with Gasteiger partial charge in [-0.1, -0.05) is 76.8 Å². The van der Waals surface area contributed by atoms with Gasteiger partial charge in [-0.2, -0.15) is 15.0 Å². The average Bonchev–Trinajstić information content (AvgIpc) is 2.73. The number of methoxy groups -OCH3 is 1. The van der Waals surface area contributed by atoms with Crippen LogP contribution in [0.15, 0.2) is 24.3 Å². The highest BCUT2D eigenvalue weighted by Gasteiger charge is 2.05. The first-order valence-electron chi connectivity index (χ1n) is 11.1. The molecule has 0 unspecified atom stereocenters. The second kappa shape index (κ2) is 15.7. The van der Waals surface area contributed by atoms with Crippen molar-refractivity contribution in [1.82, 2.24) is 15.0 Å². The number of ether oxygens (including phenoxy) is 1. The van der Waals surface area contributed by atoms with Crippen molar-refractivity contribution in [2.45, 2.75) is 84.1 Å². The molecule has 0 radical (unpaired) electrons. The molecule has 30 heavy (non-hydrogen) atoms. The zero-order valence-electron chi connectivity index (χ0n) is 18.5. The summed E-state index contributed by atoms with van der Waals surface area (Å²) in [7, 11) is 1.66. The predicted molar refractivity (Wildman–Crippen MR) is 127 cm³/mol. The van der Waals surface area contributed by atoms with E-state index in [9.17, 15) is 0 Å². The van der Waals surface area contributed by atoms with Crippen molar-refractivity contribution < 1.29 is 4.74 Å². The normalized spacial score (nSPS) is 10.5. The van der Waals surface area contributed by atoms with Crippen LogP contribution in [0.3, 0.4) is 0 Å². The Morgan fingerprint density at radius 3 is 2.03 bits per heavy atom. The number of nitrogens with two attached hydrogens (primary N) is 1. The van der Waals surface area contributed by atoms with Crippen LogP contribution in [-0.2, 0) is 13.0 Å². The van der Waals surface area contributed by atoms with Gasteiger partial charge in [0, 0.05) is 13.0 Å². The summed E-state index contributed by atoms with van der Waals surface area (Å²) in [6.07, 6.45) is 14.0. The summed E-state index contributed by atoms with van der Waals surface area (Å²) in [5.74, 6) is 2.43. The topological polar surface area (TPSA) is 86.0 Å². The van der Waals surface area contributed by atoms with Gasteiger partial charge in [0.05, 0.1) is 7.11 Å². The van der Waals surface area contributed by atoms with Gasteiger partial charge in [0.1, 0.15) is 11.6 Å². The molecule has 0 atom stereocenters. The van der Waals surface area contributed by atoms with Gasteiger partial charge in [0.2, 0.25) is 11.9 Å². The number of hydrogen-bond donors (Lipinski definition) is 2. The molecule has 1 aromatic heterocycles. The third-order valence-electron chi connectivity index (χ3n) is 5.06. The molecule has 0 bridgehead atoms. The summed E-state index contributed by atoms with van der Waals surface area (Å²) in [5, 5.41) is 3.24. The van der Waals surface area contributed by atoms with Crippen molar-refractivity contribution in [3.05, 3.63) is 35.7 Å². The number of nitrogen functional groups attached to an aromatic ring is 1. The highest BCUT2D eigenvalue weighted by atomic mass is 35.5. The van der Waals surface area contributed by atoms with E-state index in [2.05, 4.69) is 27.2 Å². The largest absolute Gasteiger partial charge is 0.497 e. The minimum atomic E-state index is 0. The maximum atomic E-state index is 5.87. The second-order valence-corrected chi connectivity index (χ2v) is 7.57. The van der Waals surface area contributed by atoms with E-state index < -0.39 is 0 Å². The van der Waals surface area contributed by atoms with Gasteiger partial charge in [-0.15, -0.1) is 12.4 Å². The third-order valence-corrected chi connectivity index (χ3v) is 5.06. The van der Waals surface area contributed by atoms with Crippen LogP contribution in [-0.4, -0.2) is 22.1 Å². The van der Waals surface area contributed by atoms with Crippen LogP contribution >= 0.6 is 12.4 Å². The number of benzene rings is 1. The lowest BCUT2D eigenvalue weighted by Crippen LogP contribution is -2.10. The van der Waals surface area contributed by atoms with Crippen LogP contribution in [0.25, 0.3) is 0 Å². The Kier molecular flexibility index (Phi) is 13.6. The van der Waals surface area contributed by atoms with E-state index in [1.54, 1.807) is 7.11 Å². The molecule has 0 amide bonds. The van der Waals surface area contributed by atoms with Crippen LogP contribution < -0.4 is 15.8 Å². The summed E-state index contributed by atoms with van der Waals surface area (Å²) in [6.45, 7) is 2.89. The number of aryl methyl sites for hydroxylation is 1. The van der Waals surface area contributed by atoms with Crippen molar-refractivity contribution in [2.24, 2.45) is 0 Å². The first kappa shape index (κ1) is 26.0. The molecule has 2 rings (SSSR count). The fourth-order valence-electron chi connectivity index (χ4n) is 3.32. The van der Waals surface area contributed by atoms with E-state index in [0.717, 1.165) is 30.0 Å². The third kappa shape index (κ3) is 10.6. The number of unbranched alkanes of at least 4 members (excludes halogenated alkanes) is 9. The van der Waals surface area contributed by atoms with E-state index in [-0.39, 0.29) is 18.4 Å². The molecule has 0 saturated heterocycles. The Hall–Kier alpha value is -2.08. The minimum Gasteiger partial charge on any atom is -0.497 e. The van der Waals surface area contributed by atoms with Gasteiger partial charge in [-0.3, -0.25) is 0 Å². The molecule has 6 nitrogen and oxygen atoms in total. The monoisotopic (exact) mass is 435 g/mol. The molecule has 1 aromatic carbocycles. The average molecular weight is 436 g/mol. The molecular weight excluding hydrogens is 398 g/mol. The fraction of sp³-hybridized carbons (Fsp3) is 0.609. The molecule has 3 N–H and O–H groups in total. The Labute approximate surface area is 187 Å². The van der Waals surface area contributed by atoms with Crippen LogP contribution in [0.4, 0.5) is 11.9 Å². The molecule has 0 spiro atoms. The van der Waals surface area contributed by atoms with Gasteiger partial charge < -0.3 is 15.8 Å². The lowest BCUT2D eigenvalue weighted by atomic mass is 10.1. The number of anilines is 2. The molecular formula is C23H38ClN5O. The van der Waals surface area contributed by atoms with Gasteiger partial charge >= 0.3 is 0 Å². The Morgan fingerprint density at radius 2 is 1.43 bits per heavy atom. The SMILES string of the molecule is CCCCCCCCCCCCc1nc(N)nc(NCc2ccc(OC)cc2)n1.Cl. The van der Waals surface area contributed by atoms with Gasteiger partial charge in [0.25, 0.3) is 0 Å². The lowest BCUT2D eigenvalue weighted by Gasteiger charge is -2.08. The number of rotatable bonds is 15. The molecule has 0 aliphatic rings. The molecule has 1 heterocycles. The molecule has 2 aromatic rings. The number of nitrogens with one attached hydrogen (secondary N) is 1. The predicted octanol–water partition coefficient (Wildman–Crippen LogP) is 5.96. The van der Waals surface area contributed by atoms with Crippen molar-refractivity contribution in [3.63, 3.8) is 0 Å². The van der Waals surface area contributed by atoms with Gasteiger partial charge in [-0.05, 0) is 24.1 Å².